The number of halogens is 1. The topological polar surface area (TPSA) is 52.4 Å². The van der Waals surface area contributed by atoms with E-state index in [1.165, 1.54) is 10.8 Å². The van der Waals surface area contributed by atoms with Gasteiger partial charge in [-0.15, -0.1) is 11.3 Å². The summed E-state index contributed by atoms with van der Waals surface area (Å²) in [6, 6.07) is 12.8. The SMILES string of the molecule is O=[N+]([O-])c1ccc(O[B]c2csc3ccccc23)cc1I. The highest BCUT2D eigenvalue weighted by atomic mass is 127. The van der Waals surface area contributed by atoms with Crippen LogP contribution in [0.4, 0.5) is 5.69 Å². The van der Waals surface area contributed by atoms with Crippen molar-refractivity contribution in [1.82, 2.24) is 0 Å². The van der Waals surface area contributed by atoms with Gasteiger partial charge in [-0.25, -0.2) is 0 Å². The Morgan fingerprint density at radius 3 is 2.81 bits per heavy atom. The van der Waals surface area contributed by atoms with Crippen molar-refractivity contribution in [1.29, 1.82) is 0 Å². The number of hydrogen-bond acceptors (Lipinski definition) is 4. The molecule has 7 heteroatoms. The van der Waals surface area contributed by atoms with Crippen molar-refractivity contribution in [2.45, 2.75) is 0 Å². The van der Waals surface area contributed by atoms with E-state index in [-0.39, 0.29) is 5.69 Å². The first-order valence-corrected chi connectivity index (χ1v) is 8.01. The number of hydrogen-bond donors (Lipinski definition) is 0. The Hall–Kier alpha value is -1.61. The highest BCUT2D eigenvalue weighted by molar-refractivity contribution is 14.1. The molecule has 0 unspecified atom stereocenters. The molecule has 0 bridgehead atoms. The first-order valence-electron chi connectivity index (χ1n) is 6.05. The van der Waals surface area contributed by atoms with E-state index in [2.05, 4.69) is 6.07 Å². The summed E-state index contributed by atoms with van der Waals surface area (Å²) in [7, 11) is 1.68. The maximum absolute atomic E-state index is 10.8. The second-order valence-electron chi connectivity index (χ2n) is 4.29. The van der Waals surface area contributed by atoms with Gasteiger partial charge in [0.2, 0.25) is 0 Å². The standard InChI is InChI=1S/C14H8BINO3S/c16-12-7-9(5-6-13(12)17(18)19)20-15-11-8-21-14-4-2-1-3-10(11)14/h1-8H. The summed E-state index contributed by atoms with van der Waals surface area (Å²) in [5, 5.41) is 13.9. The van der Waals surface area contributed by atoms with Crippen LogP contribution in [-0.4, -0.2) is 12.4 Å². The van der Waals surface area contributed by atoms with E-state index in [1.807, 2.05) is 46.2 Å². The largest absolute Gasteiger partial charge is 0.558 e. The van der Waals surface area contributed by atoms with Crippen LogP contribution in [0.3, 0.4) is 0 Å². The minimum atomic E-state index is -0.401. The quantitative estimate of drug-likeness (QED) is 0.286. The van der Waals surface area contributed by atoms with E-state index in [0.717, 1.165) is 10.8 Å². The zero-order chi connectivity index (χ0) is 14.8. The van der Waals surface area contributed by atoms with Gasteiger partial charge in [-0.05, 0) is 57.0 Å². The third-order valence-corrected chi connectivity index (χ3v) is 4.79. The van der Waals surface area contributed by atoms with Gasteiger partial charge in [0.05, 0.1) is 8.49 Å². The summed E-state index contributed by atoms with van der Waals surface area (Å²) in [6.07, 6.45) is 0. The molecule has 1 radical (unpaired) electrons. The summed E-state index contributed by atoms with van der Waals surface area (Å²) in [5.41, 5.74) is 1.09. The summed E-state index contributed by atoms with van der Waals surface area (Å²) in [5.74, 6) is 0.584. The van der Waals surface area contributed by atoms with Gasteiger partial charge < -0.3 is 4.65 Å². The van der Waals surface area contributed by atoms with Crippen molar-refractivity contribution >= 4 is 62.6 Å². The van der Waals surface area contributed by atoms with Crippen molar-refractivity contribution in [3.8, 4) is 5.75 Å². The third-order valence-electron chi connectivity index (χ3n) is 2.95. The first kappa shape index (κ1) is 14.3. The van der Waals surface area contributed by atoms with Gasteiger partial charge in [-0.2, -0.15) is 0 Å². The van der Waals surface area contributed by atoms with Gasteiger partial charge in [0, 0.05) is 10.8 Å². The predicted molar refractivity (Wildman–Crippen MR) is 93.7 cm³/mol. The van der Waals surface area contributed by atoms with E-state index < -0.39 is 4.92 Å². The van der Waals surface area contributed by atoms with Gasteiger partial charge >= 0.3 is 7.48 Å². The summed E-state index contributed by atoms with van der Waals surface area (Å²) < 4.78 is 7.38. The van der Waals surface area contributed by atoms with E-state index in [4.69, 9.17) is 4.65 Å². The molecule has 3 aromatic rings. The molecule has 0 N–H and O–H groups in total. The zero-order valence-corrected chi connectivity index (χ0v) is 13.6. The van der Waals surface area contributed by atoms with Gasteiger partial charge in [-0.1, -0.05) is 18.2 Å². The minimum Gasteiger partial charge on any atom is -0.558 e. The van der Waals surface area contributed by atoms with Crippen molar-refractivity contribution in [2.75, 3.05) is 0 Å². The van der Waals surface area contributed by atoms with Crippen LogP contribution in [0.25, 0.3) is 10.1 Å². The number of rotatable bonds is 4. The van der Waals surface area contributed by atoms with Crippen molar-refractivity contribution < 1.29 is 9.58 Å². The molecule has 2 aromatic carbocycles. The Morgan fingerprint density at radius 1 is 1.24 bits per heavy atom. The van der Waals surface area contributed by atoms with Crippen LogP contribution in [0.5, 0.6) is 5.75 Å². The molecule has 0 saturated carbocycles. The molecule has 3 rings (SSSR count). The number of nitrogens with zero attached hydrogens (tertiary/aromatic N) is 1. The lowest BCUT2D eigenvalue weighted by molar-refractivity contribution is -0.385. The van der Waals surface area contributed by atoms with Crippen LogP contribution in [0.1, 0.15) is 0 Å². The molecule has 0 fully saturated rings. The van der Waals surface area contributed by atoms with Gasteiger partial charge in [0.15, 0.2) is 0 Å². The van der Waals surface area contributed by atoms with Crippen molar-refractivity contribution in [2.24, 2.45) is 0 Å². The Morgan fingerprint density at radius 2 is 2.05 bits per heavy atom. The molecular formula is C14H8BINO3S. The summed E-state index contributed by atoms with van der Waals surface area (Å²) >= 11 is 3.59. The number of thiophene rings is 1. The summed E-state index contributed by atoms with van der Waals surface area (Å²) in [6.45, 7) is 0. The summed E-state index contributed by atoms with van der Waals surface area (Å²) in [4.78, 5) is 10.4. The van der Waals surface area contributed by atoms with Crippen LogP contribution >= 0.6 is 33.9 Å². The van der Waals surface area contributed by atoms with Crippen molar-refractivity contribution in [3.05, 3.63) is 61.5 Å². The maximum Gasteiger partial charge on any atom is 0.410 e. The van der Waals surface area contributed by atoms with Gasteiger partial charge in [0.25, 0.3) is 5.69 Å². The van der Waals surface area contributed by atoms with E-state index in [0.29, 0.717) is 9.32 Å². The molecule has 0 atom stereocenters. The molecule has 0 aliphatic carbocycles. The fourth-order valence-corrected chi connectivity index (χ4v) is 3.52. The number of benzene rings is 2. The number of nitro benzene ring substituents is 1. The Kier molecular flexibility index (Phi) is 4.11. The fraction of sp³-hybridized carbons (Fsp3) is 0. The monoisotopic (exact) mass is 408 g/mol. The lowest BCUT2D eigenvalue weighted by Crippen LogP contribution is -2.19. The second-order valence-corrected chi connectivity index (χ2v) is 6.37. The Bertz CT molecular complexity index is 821. The molecule has 1 aromatic heterocycles. The van der Waals surface area contributed by atoms with Crippen LogP contribution in [-0.2, 0) is 0 Å². The van der Waals surface area contributed by atoms with Gasteiger partial charge in [0.1, 0.15) is 5.75 Å². The normalized spacial score (nSPS) is 10.5. The first-order chi connectivity index (χ1) is 10.1. The molecule has 0 aliphatic rings. The lowest BCUT2D eigenvalue weighted by Gasteiger charge is -2.05. The third kappa shape index (κ3) is 3.03. The molecule has 103 valence electrons. The van der Waals surface area contributed by atoms with Crippen LogP contribution in [0.15, 0.2) is 47.8 Å². The maximum atomic E-state index is 10.8. The van der Waals surface area contributed by atoms with E-state index >= 15 is 0 Å². The molecule has 0 saturated heterocycles. The molecule has 0 aliphatic heterocycles. The second kappa shape index (κ2) is 6.02. The zero-order valence-electron chi connectivity index (χ0n) is 10.7. The fourth-order valence-electron chi connectivity index (χ4n) is 1.93. The molecule has 4 nitrogen and oxygen atoms in total. The van der Waals surface area contributed by atoms with Crippen LogP contribution < -0.4 is 10.1 Å². The van der Waals surface area contributed by atoms with Crippen LogP contribution in [0.2, 0.25) is 0 Å². The highest BCUT2D eigenvalue weighted by Gasteiger charge is 2.13. The van der Waals surface area contributed by atoms with E-state index in [9.17, 15) is 10.1 Å². The predicted octanol–water partition coefficient (Wildman–Crippen LogP) is 3.74. The Labute approximate surface area is 139 Å². The molecule has 0 spiro atoms. The number of fused-ring (bicyclic) bond motifs is 1. The van der Waals surface area contributed by atoms with Crippen LogP contribution in [0, 0.1) is 13.7 Å². The Balaban J connectivity index is 1.79. The molecular weight excluding hydrogens is 400 g/mol. The average molecular weight is 408 g/mol. The minimum absolute atomic E-state index is 0.0870. The molecule has 1 heterocycles. The highest BCUT2D eigenvalue weighted by Crippen LogP contribution is 2.25. The smallest absolute Gasteiger partial charge is 0.410 e. The van der Waals surface area contributed by atoms with E-state index in [1.54, 1.807) is 31.0 Å². The lowest BCUT2D eigenvalue weighted by atomic mass is 9.88. The molecule has 0 amide bonds. The van der Waals surface area contributed by atoms with Crippen molar-refractivity contribution in [3.63, 3.8) is 0 Å². The average Bonchev–Trinajstić information content (AvgIpc) is 2.88. The molecule has 21 heavy (non-hydrogen) atoms. The number of nitro groups is 1. The van der Waals surface area contributed by atoms with Gasteiger partial charge in [-0.3, -0.25) is 10.1 Å².